The van der Waals surface area contributed by atoms with Crippen LogP contribution in [0.1, 0.15) is 36.6 Å². The first kappa shape index (κ1) is 15.8. The van der Waals surface area contributed by atoms with E-state index in [1.807, 2.05) is 6.92 Å². The monoisotopic (exact) mass is 310 g/mol. The van der Waals surface area contributed by atoms with Crippen LogP contribution in [0, 0.1) is 26.7 Å². The van der Waals surface area contributed by atoms with Gasteiger partial charge in [-0.15, -0.1) is 0 Å². The first-order chi connectivity index (χ1) is 11.0. The average molecular weight is 310 g/mol. The van der Waals surface area contributed by atoms with Gasteiger partial charge in [-0.25, -0.2) is 4.98 Å². The predicted molar refractivity (Wildman–Crippen MR) is 96.6 cm³/mol. The average Bonchev–Trinajstić information content (AvgIpc) is 2.45. The molecule has 1 aromatic heterocycles. The largest absolute Gasteiger partial charge is 0.356 e. The lowest BCUT2D eigenvalue weighted by Gasteiger charge is -2.32. The Morgan fingerprint density at radius 2 is 1.78 bits per heavy atom. The molecule has 0 saturated carbocycles. The van der Waals surface area contributed by atoms with Crippen LogP contribution in [0.25, 0.3) is 0 Å². The Kier molecular flexibility index (Phi) is 4.51. The molecule has 1 aliphatic heterocycles. The van der Waals surface area contributed by atoms with Crippen molar-refractivity contribution < 1.29 is 0 Å². The number of benzene rings is 1. The molecular weight excluding hydrogens is 284 g/mol. The molecule has 4 heteroatoms. The van der Waals surface area contributed by atoms with Crippen molar-refractivity contribution >= 4 is 17.5 Å². The van der Waals surface area contributed by atoms with Crippen LogP contribution >= 0.6 is 0 Å². The second-order valence-corrected chi connectivity index (χ2v) is 6.89. The fourth-order valence-electron chi connectivity index (χ4n) is 3.34. The molecule has 1 unspecified atom stereocenters. The smallest absolute Gasteiger partial charge is 0.229 e. The Hall–Kier alpha value is -2.10. The van der Waals surface area contributed by atoms with Gasteiger partial charge in [-0.2, -0.15) is 4.98 Å². The van der Waals surface area contributed by atoms with Gasteiger partial charge < -0.3 is 10.2 Å². The van der Waals surface area contributed by atoms with E-state index in [-0.39, 0.29) is 0 Å². The Morgan fingerprint density at radius 1 is 1.04 bits per heavy atom. The van der Waals surface area contributed by atoms with E-state index in [2.05, 4.69) is 60.2 Å². The molecule has 2 aromatic rings. The van der Waals surface area contributed by atoms with Crippen molar-refractivity contribution in [1.82, 2.24) is 9.97 Å². The number of nitrogens with zero attached hydrogens (tertiary/aromatic N) is 3. The van der Waals surface area contributed by atoms with Gasteiger partial charge in [0, 0.05) is 30.5 Å². The summed E-state index contributed by atoms with van der Waals surface area (Å²) in [6.07, 6.45) is 2.55. The summed E-state index contributed by atoms with van der Waals surface area (Å²) < 4.78 is 0. The number of aromatic nitrogens is 2. The number of piperidine rings is 1. The number of aryl methyl sites for hydroxylation is 3. The van der Waals surface area contributed by atoms with Gasteiger partial charge in [-0.3, -0.25) is 0 Å². The van der Waals surface area contributed by atoms with Gasteiger partial charge in [0.05, 0.1) is 0 Å². The highest BCUT2D eigenvalue weighted by Crippen LogP contribution is 2.24. The summed E-state index contributed by atoms with van der Waals surface area (Å²) in [7, 11) is 0. The van der Waals surface area contributed by atoms with E-state index in [4.69, 9.17) is 4.98 Å². The van der Waals surface area contributed by atoms with Crippen molar-refractivity contribution in [2.24, 2.45) is 5.92 Å². The van der Waals surface area contributed by atoms with Crippen LogP contribution in [-0.4, -0.2) is 23.1 Å². The molecule has 122 valence electrons. The van der Waals surface area contributed by atoms with Crippen LogP contribution in [-0.2, 0) is 0 Å². The molecule has 0 radical (unpaired) electrons. The zero-order chi connectivity index (χ0) is 16.4. The number of hydrogen-bond acceptors (Lipinski definition) is 4. The minimum Gasteiger partial charge on any atom is -0.356 e. The molecule has 1 fully saturated rings. The second-order valence-electron chi connectivity index (χ2n) is 6.89. The van der Waals surface area contributed by atoms with Crippen LogP contribution in [0.5, 0.6) is 0 Å². The number of hydrogen-bond donors (Lipinski definition) is 1. The molecule has 0 spiro atoms. The summed E-state index contributed by atoms with van der Waals surface area (Å²) in [5, 5.41) is 3.37. The molecule has 3 rings (SSSR count). The van der Waals surface area contributed by atoms with Crippen molar-refractivity contribution in [3.8, 4) is 0 Å². The topological polar surface area (TPSA) is 41.1 Å². The van der Waals surface area contributed by atoms with Crippen LogP contribution in [0.2, 0.25) is 0 Å². The van der Waals surface area contributed by atoms with Gasteiger partial charge >= 0.3 is 0 Å². The Morgan fingerprint density at radius 3 is 2.48 bits per heavy atom. The number of rotatable bonds is 3. The van der Waals surface area contributed by atoms with E-state index in [1.54, 1.807) is 0 Å². The number of anilines is 3. The van der Waals surface area contributed by atoms with Gasteiger partial charge in [0.15, 0.2) is 0 Å². The SMILES string of the molecule is Cc1cc(C)cc(Nc2nc(C)cc(N3CCCC(C)C3)n2)c1. The third-order valence-corrected chi connectivity index (χ3v) is 4.30. The predicted octanol–water partition coefficient (Wildman–Crippen LogP) is 4.38. The summed E-state index contributed by atoms with van der Waals surface area (Å²) in [4.78, 5) is 11.7. The van der Waals surface area contributed by atoms with E-state index in [0.29, 0.717) is 5.95 Å². The first-order valence-corrected chi connectivity index (χ1v) is 8.45. The maximum atomic E-state index is 4.75. The van der Waals surface area contributed by atoms with Crippen LogP contribution in [0.4, 0.5) is 17.5 Å². The quantitative estimate of drug-likeness (QED) is 0.913. The Bertz CT molecular complexity index is 676. The fourth-order valence-corrected chi connectivity index (χ4v) is 3.34. The zero-order valence-electron chi connectivity index (χ0n) is 14.6. The van der Waals surface area contributed by atoms with Crippen molar-refractivity contribution in [3.63, 3.8) is 0 Å². The molecule has 0 bridgehead atoms. The normalized spacial score (nSPS) is 18.1. The van der Waals surface area contributed by atoms with Gasteiger partial charge in [0.25, 0.3) is 0 Å². The molecule has 0 amide bonds. The molecule has 1 aliphatic rings. The van der Waals surface area contributed by atoms with Gasteiger partial charge in [-0.1, -0.05) is 13.0 Å². The maximum absolute atomic E-state index is 4.75. The van der Waals surface area contributed by atoms with Crippen molar-refractivity contribution in [1.29, 1.82) is 0 Å². The van der Waals surface area contributed by atoms with Crippen LogP contribution < -0.4 is 10.2 Å². The lowest BCUT2D eigenvalue weighted by molar-refractivity contribution is 0.444. The van der Waals surface area contributed by atoms with Crippen molar-refractivity contribution in [2.75, 3.05) is 23.3 Å². The summed E-state index contributed by atoms with van der Waals surface area (Å²) in [6, 6.07) is 8.51. The number of nitrogens with one attached hydrogen (secondary N) is 1. The van der Waals surface area contributed by atoms with Crippen molar-refractivity contribution in [3.05, 3.63) is 41.1 Å². The van der Waals surface area contributed by atoms with Crippen molar-refractivity contribution in [2.45, 2.75) is 40.5 Å². The molecule has 1 atom stereocenters. The molecule has 23 heavy (non-hydrogen) atoms. The molecule has 4 nitrogen and oxygen atoms in total. The minimum atomic E-state index is 0.684. The van der Waals surface area contributed by atoms with Gasteiger partial charge in [0.1, 0.15) is 5.82 Å². The summed E-state index contributed by atoms with van der Waals surface area (Å²) in [5.74, 6) is 2.45. The van der Waals surface area contributed by atoms with E-state index in [1.165, 1.54) is 24.0 Å². The molecule has 0 aliphatic carbocycles. The lowest BCUT2D eigenvalue weighted by atomic mass is 10.0. The molecule has 1 saturated heterocycles. The molecule has 1 N–H and O–H groups in total. The standard InChI is InChI=1S/C19H26N4/c1-13-6-5-7-23(12-13)18-11-16(4)20-19(22-18)21-17-9-14(2)8-15(3)10-17/h8-11,13H,5-7,12H2,1-4H3,(H,20,21,22). The van der Waals surface area contributed by atoms with Gasteiger partial charge in [-0.05, 0) is 62.8 Å². The highest BCUT2D eigenvalue weighted by atomic mass is 15.2. The summed E-state index contributed by atoms with van der Waals surface area (Å²) >= 11 is 0. The maximum Gasteiger partial charge on any atom is 0.229 e. The summed E-state index contributed by atoms with van der Waals surface area (Å²) in [6.45, 7) is 10.7. The third kappa shape index (κ3) is 4.01. The van der Waals surface area contributed by atoms with Crippen LogP contribution in [0.15, 0.2) is 24.3 Å². The third-order valence-electron chi connectivity index (χ3n) is 4.30. The first-order valence-electron chi connectivity index (χ1n) is 8.45. The fraction of sp³-hybridized carbons (Fsp3) is 0.474. The second kappa shape index (κ2) is 6.57. The van der Waals surface area contributed by atoms with E-state index < -0.39 is 0 Å². The highest BCUT2D eigenvalue weighted by molar-refractivity contribution is 5.58. The summed E-state index contributed by atoms with van der Waals surface area (Å²) in [5.41, 5.74) is 4.53. The minimum absolute atomic E-state index is 0.684. The van der Waals surface area contributed by atoms with E-state index in [9.17, 15) is 0 Å². The zero-order valence-corrected chi connectivity index (χ0v) is 14.6. The molecule has 2 heterocycles. The molecular formula is C19H26N4. The van der Waals surface area contributed by atoms with Gasteiger partial charge in [0.2, 0.25) is 5.95 Å². The Labute approximate surface area is 139 Å². The van der Waals surface area contributed by atoms with Crippen LogP contribution in [0.3, 0.4) is 0 Å². The Balaban J connectivity index is 1.85. The lowest BCUT2D eigenvalue weighted by Crippen LogP contribution is -2.35. The van der Waals surface area contributed by atoms with E-state index >= 15 is 0 Å². The van der Waals surface area contributed by atoms with E-state index in [0.717, 1.165) is 36.2 Å². The highest BCUT2D eigenvalue weighted by Gasteiger charge is 2.18. The molecule has 1 aromatic carbocycles.